The number of aromatic nitrogens is 1. The van der Waals surface area contributed by atoms with Gasteiger partial charge in [-0.25, -0.2) is 9.37 Å². The van der Waals surface area contributed by atoms with E-state index in [1.165, 1.54) is 12.1 Å². The molecule has 2 aromatic carbocycles. The molecule has 0 spiro atoms. The van der Waals surface area contributed by atoms with Gasteiger partial charge >= 0.3 is 0 Å². The van der Waals surface area contributed by atoms with E-state index in [9.17, 15) is 9.65 Å². The van der Waals surface area contributed by atoms with Crippen LogP contribution in [0.25, 0.3) is 22.3 Å². The summed E-state index contributed by atoms with van der Waals surface area (Å²) in [5, 5.41) is 9.53. The summed E-state index contributed by atoms with van der Waals surface area (Å²) >= 11 is 0. The zero-order valence-corrected chi connectivity index (χ0v) is 12.5. The lowest BCUT2D eigenvalue weighted by Crippen LogP contribution is -2.03. The molecule has 0 fully saturated rings. The largest absolute Gasteiger partial charge is 0.383 e. The molecule has 0 aliphatic rings. The number of nitriles is 1. The molecule has 0 saturated carbocycles. The van der Waals surface area contributed by atoms with Crippen LogP contribution in [0, 0.1) is 24.1 Å². The number of anilines is 1. The molecule has 3 nitrogen and oxygen atoms in total. The minimum atomic E-state index is -0.327. The van der Waals surface area contributed by atoms with Crippen molar-refractivity contribution in [2.75, 3.05) is 5.73 Å². The Balaban J connectivity index is 2.40. The van der Waals surface area contributed by atoms with E-state index in [4.69, 9.17) is 5.73 Å². The second-order valence-corrected chi connectivity index (χ2v) is 5.19. The molecule has 0 aliphatic heterocycles. The Morgan fingerprint density at radius 1 is 0.957 bits per heavy atom. The normalized spacial score (nSPS) is 10.3. The minimum Gasteiger partial charge on any atom is -0.383 e. The molecular formula is C19H14FN3. The van der Waals surface area contributed by atoms with Crippen molar-refractivity contribution >= 4 is 5.82 Å². The maximum Gasteiger partial charge on any atom is 0.142 e. The Labute approximate surface area is 133 Å². The lowest BCUT2D eigenvalue weighted by Gasteiger charge is -2.16. The molecule has 1 heterocycles. The average molecular weight is 303 g/mol. The topological polar surface area (TPSA) is 62.7 Å². The molecule has 112 valence electrons. The Morgan fingerprint density at radius 2 is 1.57 bits per heavy atom. The van der Waals surface area contributed by atoms with Crippen molar-refractivity contribution in [3.8, 4) is 28.3 Å². The van der Waals surface area contributed by atoms with Crippen LogP contribution in [0.1, 0.15) is 11.3 Å². The minimum absolute atomic E-state index is 0.184. The van der Waals surface area contributed by atoms with Gasteiger partial charge in [-0.3, -0.25) is 0 Å². The Bertz CT molecular complexity index is 895. The van der Waals surface area contributed by atoms with E-state index in [2.05, 4.69) is 11.1 Å². The van der Waals surface area contributed by atoms with Gasteiger partial charge in [0.15, 0.2) is 0 Å². The van der Waals surface area contributed by atoms with E-state index >= 15 is 0 Å². The summed E-state index contributed by atoms with van der Waals surface area (Å²) in [5.74, 6) is -0.142. The van der Waals surface area contributed by atoms with E-state index in [0.29, 0.717) is 11.1 Å². The summed E-state index contributed by atoms with van der Waals surface area (Å²) in [5.41, 5.74) is 10.2. The van der Waals surface area contributed by atoms with Crippen LogP contribution in [0.4, 0.5) is 10.2 Å². The predicted molar refractivity (Wildman–Crippen MR) is 88.9 cm³/mol. The maximum absolute atomic E-state index is 13.3. The zero-order valence-electron chi connectivity index (χ0n) is 12.5. The van der Waals surface area contributed by atoms with Crippen LogP contribution in [-0.2, 0) is 0 Å². The van der Waals surface area contributed by atoms with Crippen LogP contribution >= 0.6 is 0 Å². The van der Waals surface area contributed by atoms with Crippen LogP contribution in [0.2, 0.25) is 0 Å². The van der Waals surface area contributed by atoms with Gasteiger partial charge in [-0.1, -0.05) is 42.5 Å². The number of nitrogens with two attached hydrogens (primary N) is 1. The summed E-state index contributed by atoms with van der Waals surface area (Å²) < 4.78 is 13.3. The van der Waals surface area contributed by atoms with Crippen molar-refractivity contribution in [3.05, 3.63) is 71.7 Å². The second-order valence-electron chi connectivity index (χ2n) is 5.19. The zero-order chi connectivity index (χ0) is 16.4. The van der Waals surface area contributed by atoms with E-state index in [0.717, 1.165) is 22.4 Å². The third-order valence-electron chi connectivity index (χ3n) is 3.71. The molecule has 0 aliphatic carbocycles. The summed E-state index contributed by atoms with van der Waals surface area (Å²) in [6.07, 6.45) is 0. The van der Waals surface area contributed by atoms with Crippen molar-refractivity contribution in [1.82, 2.24) is 4.98 Å². The van der Waals surface area contributed by atoms with Crippen molar-refractivity contribution in [2.45, 2.75) is 6.92 Å². The van der Waals surface area contributed by atoms with Gasteiger partial charge in [0, 0.05) is 16.8 Å². The molecule has 0 bridgehead atoms. The molecule has 0 radical (unpaired) electrons. The molecule has 2 N–H and O–H groups in total. The van der Waals surface area contributed by atoms with Crippen molar-refractivity contribution in [3.63, 3.8) is 0 Å². The summed E-state index contributed by atoms with van der Waals surface area (Å²) in [6, 6.07) is 17.8. The smallest absolute Gasteiger partial charge is 0.142 e. The predicted octanol–water partition coefficient (Wildman–Crippen LogP) is 4.32. The van der Waals surface area contributed by atoms with Crippen LogP contribution < -0.4 is 5.73 Å². The highest BCUT2D eigenvalue weighted by molar-refractivity contribution is 5.90. The maximum atomic E-state index is 13.3. The first-order valence-electron chi connectivity index (χ1n) is 7.13. The van der Waals surface area contributed by atoms with Crippen molar-refractivity contribution < 1.29 is 4.39 Å². The van der Waals surface area contributed by atoms with Gasteiger partial charge in [0.25, 0.3) is 0 Å². The number of rotatable bonds is 2. The number of nitrogen functional groups attached to an aromatic ring is 1. The van der Waals surface area contributed by atoms with Gasteiger partial charge in [-0.15, -0.1) is 0 Å². The molecule has 0 atom stereocenters. The lowest BCUT2D eigenvalue weighted by molar-refractivity contribution is 0.628. The SMILES string of the molecule is Cc1nc(N)c(C#N)c(-c2ccc(F)cc2)c1-c1ccccc1. The molecule has 3 aromatic rings. The first kappa shape index (κ1) is 14.7. The number of pyridine rings is 1. The number of hydrogen-bond acceptors (Lipinski definition) is 3. The molecule has 1 aromatic heterocycles. The number of benzene rings is 2. The van der Waals surface area contributed by atoms with E-state index in [1.54, 1.807) is 12.1 Å². The Hall–Kier alpha value is -3.19. The first-order chi connectivity index (χ1) is 11.1. The van der Waals surface area contributed by atoms with Gasteiger partial charge in [-0.05, 0) is 30.2 Å². The highest BCUT2D eigenvalue weighted by Gasteiger charge is 2.19. The molecule has 0 unspecified atom stereocenters. The summed E-state index contributed by atoms with van der Waals surface area (Å²) in [4.78, 5) is 4.31. The molecule has 3 rings (SSSR count). The van der Waals surface area contributed by atoms with Crippen molar-refractivity contribution in [1.29, 1.82) is 5.26 Å². The van der Waals surface area contributed by atoms with Gasteiger partial charge < -0.3 is 5.73 Å². The van der Waals surface area contributed by atoms with Gasteiger partial charge in [0.1, 0.15) is 23.3 Å². The van der Waals surface area contributed by atoms with Gasteiger partial charge in [-0.2, -0.15) is 5.26 Å². The van der Waals surface area contributed by atoms with E-state index in [1.807, 2.05) is 37.3 Å². The van der Waals surface area contributed by atoms with Crippen molar-refractivity contribution in [2.24, 2.45) is 0 Å². The Morgan fingerprint density at radius 3 is 2.17 bits per heavy atom. The third kappa shape index (κ3) is 2.65. The number of nitrogens with zero attached hydrogens (tertiary/aromatic N) is 2. The van der Waals surface area contributed by atoms with Gasteiger partial charge in [0.05, 0.1) is 0 Å². The Kier molecular flexibility index (Phi) is 3.78. The highest BCUT2D eigenvalue weighted by atomic mass is 19.1. The third-order valence-corrected chi connectivity index (χ3v) is 3.71. The standard InChI is InChI=1S/C19H14FN3/c1-12-17(13-5-3-2-4-6-13)18(16(11-21)19(22)23-12)14-7-9-15(20)10-8-14/h2-10H,1H3,(H2,22,23). The van der Waals surface area contributed by atoms with Gasteiger partial charge in [0.2, 0.25) is 0 Å². The average Bonchev–Trinajstić information content (AvgIpc) is 2.56. The van der Waals surface area contributed by atoms with Crippen LogP contribution in [0.15, 0.2) is 54.6 Å². The fraction of sp³-hybridized carbons (Fsp3) is 0.0526. The number of hydrogen-bond donors (Lipinski definition) is 1. The monoisotopic (exact) mass is 303 g/mol. The summed E-state index contributed by atoms with van der Waals surface area (Å²) in [7, 11) is 0. The quantitative estimate of drug-likeness (QED) is 0.767. The fourth-order valence-electron chi connectivity index (χ4n) is 2.70. The van der Waals surface area contributed by atoms with Crippen LogP contribution in [0.5, 0.6) is 0 Å². The molecule has 4 heteroatoms. The van der Waals surface area contributed by atoms with E-state index in [-0.39, 0.29) is 11.6 Å². The first-order valence-corrected chi connectivity index (χ1v) is 7.13. The lowest BCUT2D eigenvalue weighted by atomic mass is 9.90. The number of aryl methyl sites for hydroxylation is 1. The fourth-order valence-corrected chi connectivity index (χ4v) is 2.70. The van der Waals surface area contributed by atoms with E-state index < -0.39 is 0 Å². The summed E-state index contributed by atoms with van der Waals surface area (Å²) in [6.45, 7) is 1.85. The van der Waals surface area contributed by atoms with Crippen LogP contribution in [-0.4, -0.2) is 4.98 Å². The molecular weight excluding hydrogens is 289 g/mol. The highest BCUT2D eigenvalue weighted by Crippen LogP contribution is 2.38. The molecule has 0 saturated heterocycles. The number of halogens is 1. The second kappa shape index (κ2) is 5.90. The molecule has 23 heavy (non-hydrogen) atoms. The molecule has 0 amide bonds. The van der Waals surface area contributed by atoms with Crippen LogP contribution in [0.3, 0.4) is 0 Å².